The van der Waals surface area contributed by atoms with Crippen LogP contribution < -0.4 is 5.32 Å². The number of hydrogen-bond donors (Lipinski definition) is 1. The van der Waals surface area contributed by atoms with Crippen molar-refractivity contribution in [3.63, 3.8) is 0 Å². The summed E-state index contributed by atoms with van der Waals surface area (Å²) in [6.45, 7) is 12.0. The fraction of sp³-hybridized carbons (Fsp3) is 0.548. The topological polar surface area (TPSA) is 59.4 Å². The number of nitrogens with one attached hydrogen (secondary N) is 1. The highest BCUT2D eigenvalue weighted by atomic mass is 16.5. The summed E-state index contributed by atoms with van der Waals surface area (Å²) in [5.41, 5.74) is 2.30. The van der Waals surface area contributed by atoms with Crippen molar-refractivity contribution >= 4 is 11.7 Å². The van der Waals surface area contributed by atoms with Crippen LogP contribution in [-0.2, 0) is 16.9 Å². The third-order valence-electron chi connectivity index (χ3n) is 8.88. The van der Waals surface area contributed by atoms with Crippen molar-refractivity contribution < 1.29 is 9.53 Å². The number of ether oxygens (including phenoxy) is 1. The molecule has 0 spiro atoms. The van der Waals surface area contributed by atoms with E-state index in [0.717, 1.165) is 54.7 Å². The maximum absolute atomic E-state index is 14.4. The number of nitrogens with zero attached hydrogens (tertiary/aromatic N) is 3. The number of carbonyl (C=O) groups excluding carboxylic acids is 1. The van der Waals surface area contributed by atoms with Crippen molar-refractivity contribution in [2.24, 2.45) is 5.92 Å². The SMILES string of the molecule is CCC1(CC)C[C@@H](OCc2ccccc2)CN1C(=O)c1c(C)nn2c1N[C@@H](C1C=CC=CC1)CC2(C)C. The van der Waals surface area contributed by atoms with Crippen LogP contribution in [-0.4, -0.2) is 44.8 Å². The van der Waals surface area contributed by atoms with Crippen LogP contribution in [0, 0.1) is 12.8 Å². The van der Waals surface area contributed by atoms with Crippen molar-refractivity contribution in [2.45, 2.75) is 96.6 Å². The monoisotopic (exact) mass is 502 g/mol. The first-order chi connectivity index (χ1) is 17.8. The van der Waals surface area contributed by atoms with Gasteiger partial charge in [-0.2, -0.15) is 5.10 Å². The van der Waals surface area contributed by atoms with Gasteiger partial charge in [0, 0.05) is 24.0 Å². The van der Waals surface area contributed by atoms with Gasteiger partial charge < -0.3 is 15.0 Å². The highest BCUT2D eigenvalue weighted by Gasteiger charge is 2.48. The molecule has 0 radical (unpaired) electrons. The zero-order valence-electron chi connectivity index (χ0n) is 23.0. The van der Waals surface area contributed by atoms with Crippen LogP contribution in [0.25, 0.3) is 0 Å². The molecule has 3 heterocycles. The molecule has 1 fully saturated rings. The van der Waals surface area contributed by atoms with Crippen LogP contribution in [0.4, 0.5) is 5.82 Å². The van der Waals surface area contributed by atoms with Crippen LogP contribution in [0.5, 0.6) is 0 Å². The fourth-order valence-corrected chi connectivity index (χ4v) is 6.61. The van der Waals surface area contributed by atoms with Crippen molar-refractivity contribution in [3.8, 4) is 0 Å². The molecule has 1 aromatic heterocycles. The van der Waals surface area contributed by atoms with E-state index < -0.39 is 0 Å². The molecular formula is C31H42N4O2. The second-order valence-electron chi connectivity index (χ2n) is 11.7. The molecule has 0 saturated carbocycles. The lowest BCUT2D eigenvalue weighted by molar-refractivity contribution is 0.0436. The number of likely N-dealkylation sites (tertiary alicyclic amines) is 1. The van der Waals surface area contributed by atoms with Gasteiger partial charge in [-0.15, -0.1) is 0 Å². The summed E-state index contributed by atoms with van der Waals surface area (Å²) >= 11 is 0. The maximum Gasteiger partial charge on any atom is 0.260 e. The summed E-state index contributed by atoms with van der Waals surface area (Å²) < 4.78 is 8.44. The van der Waals surface area contributed by atoms with E-state index in [-0.39, 0.29) is 29.1 Å². The minimum atomic E-state index is -0.208. The Morgan fingerprint density at radius 3 is 2.57 bits per heavy atom. The summed E-state index contributed by atoms with van der Waals surface area (Å²) in [4.78, 5) is 16.5. The first-order valence-corrected chi connectivity index (χ1v) is 14.0. The van der Waals surface area contributed by atoms with Crippen molar-refractivity contribution in [3.05, 3.63) is 71.5 Å². The van der Waals surface area contributed by atoms with Gasteiger partial charge in [-0.1, -0.05) is 68.5 Å². The molecule has 1 amide bonds. The van der Waals surface area contributed by atoms with Gasteiger partial charge >= 0.3 is 0 Å². The number of aryl methyl sites for hydroxylation is 1. The smallest absolute Gasteiger partial charge is 0.260 e. The van der Waals surface area contributed by atoms with Crippen LogP contribution in [0.1, 0.15) is 81.4 Å². The second kappa shape index (κ2) is 10.1. The standard InChI is InChI=1S/C31H42N4O2/c1-6-31(7-2)18-25(37-21-23-14-10-8-11-15-23)20-34(31)29(36)27-22(3)33-35-28(27)32-26(19-30(35,4)5)24-16-12-9-13-17-24/h8-16,24-26,32H,6-7,17-21H2,1-5H3/t24?,25-,26-/m1/s1. The van der Waals surface area contributed by atoms with Gasteiger partial charge in [0.15, 0.2) is 0 Å². The Bertz CT molecular complexity index is 1180. The normalized spacial score (nSPS) is 25.6. The second-order valence-corrected chi connectivity index (χ2v) is 11.7. The molecule has 6 nitrogen and oxygen atoms in total. The molecule has 2 aliphatic heterocycles. The minimum Gasteiger partial charge on any atom is -0.372 e. The fourth-order valence-electron chi connectivity index (χ4n) is 6.61. The molecule has 37 heavy (non-hydrogen) atoms. The average molecular weight is 503 g/mol. The van der Waals surface area contributed by atoms with Gasteiger partial charge in [-0.25, -0.2) is 4.68 Å². The molecule has 3 atom stereocenters. The number of amides is 1. The number of allylic oxidation sites excluding steroid dienone is 3. The minimum absolute atomic E-state index is 0.0204. The van der Waals surface area contributed by atoms with Crippen LogP contribution >= 0.6 is 0 Å². The predicted molar refractivity (Wildman–Crippen MR) is 149 cm³/mol. The van der Waals surface area contributed by atoms with Gasteiger partial charge in [0.05, 0.1) is 23.9 Å². The zero-order chi connectivity index (χ0) is 26.2. The van der Waals surface area contributed by atoms with Crippen molar-refractivity contribution in [1.82, 2.24) is 14.7 Å². The average Bonchev–Trinajstić information content (AvgIpc) is 3.46. The summed E-state index contributed by atoms with van der Waals surface area (Å²) in [6, 6.07) is 10.5. The lowest BCUT2D eigenvalue weighted by Gasteiger charge is -2.41. The first kappa shape index (κ1) is 25.8. The Labute approximate surface area is 221 Å². The molecule has 5 rings (SSSR count). The van der Waals surface area contributed by atoms with Gasteiger partial charge in [0.2, 0.25) is 0 Å². The van der Waals surface area contributed by atoms with Gasteiger partial charge in [-0.3, -0.25) is 4.79 Å². The van der Waals surface area contributed by atoms with Crippen LogP contribution in [0.3, 0.4) is 0 Å². The molecular weight excluding hydrogens is 460 g/mol. The van der Waals surface area contributed by atoms with Crippen molar-refractivity contribution in [1.29, 1.82) is 0 Å². The number of hydrogen-bond acceptors (Lipinski definition) is 4. The number of rotatable bonds is 7. The molecule has 2 aromatic rings. The van der Waals surface area contributed by atoms with Gasteiger partial charge in [0.1, 0.15) is 11.4 Å². The number of fused-ring (bicyclic) bond motifs is 1. The van der Waals surface area contributed by atoms with E-state index >= 15 is 0 Å². The Balaban J connectivity index is 1.43. The number of carbonyl (C=O) groups is 1. The van der Waals surface area contributed by atoms with E-state index in [1.165, 1.54) is 0 Å². The molecule has 0 bridgehead atoms. The Hall–Kier alpha value is -2.86. The summed E-state index contributed by atoms with van der Waals surface area (Å²) in [7, 11) is 0. The van der Waals surface area contributed by atoms with Crippen LogP contribution in [0.2, 0.25) is 0 Å². The molecule has 1 aliphatic carbocycles. The maximum atomic E-state index is 14.4. The number of anilines is 1. The van der Waals surface area contributed by atoms with Crippen LogP contribution in [0.15, 0.2) is 54.6 Å². The van der Waals surface area contributed by atoms with E-state index in [4.69, 9.17) is 9.84 Å². The van der Waals surface area contributed by atoms with E-state index in [9.17, 15) is 4.79 Å². The number of aromatic nitrogens is 2. The molecule has 6 heteroatoms. The van der Waals surface area contributed by atoms with E-state index in [1.54, 1.807) is 0 Å². The zero-order valence-corrected chi connectivity index (χ0v) is 23.0. The summed E-state index contributed by atoms with van der Waals surface area (Å²) in [5, 5.41) is 8.69. The molecule has 3 aliphatic rings. The summed E-state index contributed by atoms with van der Waals surface area (Å²) in [6.07, 6.45) is 13.5. The van der Waals surface area contributed by atoms with Gasteiger partial charge in [0.25, 0.3) is 5.91 Å². The van der Waals surface area contributed by atoms with E-state index in [0.29, 0.717) is 19.1 Å². The molecule has 1 aromatic carbocycles. The largest absolute Gasteiger partial charge is 0.372 e. The molecule has 1 N–H and O–H groups in total. The van der Waals surface area contributed by atoms with E-state index in [1.807, 2.05) is 25.1 Å². The lowest BCUT2D eigenvalue weighted by atomic mass is 9.82. The third-order valence-corrected chi connectivity index (χ3v) is 8.88. The first-order valence-electron chi connectivity index (χ1n) is 14.0. The number of benzene rings is 1. The Kier molecular flexibility index (Phi) is 7.06. The Morgan fingerprint density at radius 1 is 1.14 bits per heavy atom. The molecule has 1 unspecified atom stereocenters. The quantitative estimate of drug-likeness (QED) is 0.487. The van der Waals surface area contributed by atoms with Crippen molar-refractivity contribution in [2.75, 3.05) is 11.9 Å². The predicted octanol–water partition coefficient (Wildman–Crippen LogP) is 6.23. The molecule has 198 valence electrons. The Morgan fingerprint density at radius 2 is 1.89 bits per heavy atom. The highest BCUT2D eigenvalue weighted by Crippen LogP contribution is 2.42. The third kappa shape index (κ3) is 4.76. The van der Waals surface area contributed by atoms with E-state index in [2.05, 4.69) is 79.0 Å². The summed E-state index contributed by atoms with van der Waals surface area (Å²) in [5.74, 6) is 1.36. The highest BCUT2D eigenvalue weighted by molar-refractivity contribution is 6.01. The lowest BCUT2D eigenvalue weighted by Crippen LogP contribution is -2.48. The molecule has 1 saturated heterocycles. The van der Waals surface area contributed by atoms with Gasteiger partial charge in [-0.05, 0) is 58.4 Å².